The van der Waals surface area contributed by atoms with E-state index in [0.29, 0.717) is 18.9 Å². The number of benzene rings is 1. The molecule has 0 fully saturated rings. The van der Waals surface area contributed by atoms with Crippen LogP contribution in [-0.2, 0) is 15.8 Å². The van der Waals surface area contributed by atoms with Crippen molar-refractivity contribution in [2.45, 2.75) is 11.3 Å². The molecule has 0 saturated carbocycles. The molecule has 0 radical (unpaired) electrons. The van der Waals surface area contributed by atoms with Crippen LogP contribution in [0.1, 0.15) is 12.1 Å². The van der Waals surface area contributed by atoms with Gasteiger partial charge in [0, 0.05) is 15.8 Å². The van der Waals surface area contributed by atoms with Crippen molar-refractivity contribution in [1.29, 1.82) is 0 Å². The van der Waals surface area contributed by atoms with Gasteiger partial charge >= 0.3 is 0 Å². The summed E-state index contributed by atoms with van der Waals surface area (Å²) >= 11 is -2.25. The fourth-order valence-electron chi connectivity index (χ4n) is 2.80. The highest BCUT2D eigenvalue weighted by Gasteiger charge is 2.16. The first-order valence-electron chi connectivity index (χ1n) is 6.87. The summed E-state index contributed by atoms with van der Waals surface area (Å²) in [6, 6.07) is 5.00. The maximum Gasteiger partial charge on any atom is 0.142 e. The van der Waals surface area contributed by atoms with Crippen molar-refractivity contribution in [2.24, 2.45) is 0 Å². The number of H-pyrrole nitrogens is 1. The fraction of sp³-hybridized carbons (Fsp3) is 0.200. The number of fused-ring (bicyclic) bond motifs is 3. The average molecular weight is 314 g/mol. The summed E-state index contributed by atoms with van der Waals surface area (Å²) < 4.78 is 27.6. The minimum atomic E-state index is -2.25. The fourth-order valence-corrected chi connectivity index (χ4v) is 3.19. The van der Waals surface area contributed by atoms with Gasteiger partial charge in [0.2, 0.25) is 0 Å². The maximum atomic E-state index is 11.1. The second-order valence-corrected chi connectivity index (χ2v) is 6.01. The van der Waals surface area contributed by atoms with Crippen LogP contribution in [0.25, 0.3) is 27.5 Å². The number of hydrogen-bond acceptors (Lipinski definition) is 5. The summed E-state index contributed by atoms with van der Waals surface area (Å²) in [6.45, 7) is 1.27. The molecule has 0 amide bonds. The molecule has 1 aliphatic rings. The molecule has 2 aromatic heterocycles. The predicted octanol–water partition coefficient (Wildman–Crippen LogP) is 2.15. The Bertz CT molecular complexity index is 932. The van der Waals surface area contributed by atoms with E-state index in [1.165, 1.54) is 6.33 Å². The first kappa shape index (κ1) is 13.6. The Kier molecular flexibility index (Phi) is 3.25. The predicted molar refractivity (Wildman–Crippen MR) is 82.0 cm³/mol. The molecule has 112 valence electrons. The molecule has 0 saturated heterocycles. The molecule has 3 aromatic rings. The van der Waals surface area contributed by atoms with Gasteiger partial charge in [0.15, 0.2) is 0 Å². The molecule has 0 spiro atoms. The minimum Gasteiger partial charge on any atom is -0.768 e. The molecule has 4 rings (SSSR count). The first-order valence-corrected chi connectivity index (χ1v) is 7.94. The Balaban J connectivity index is 2.00. The number of hydrogen-bond donors (Lipinski definition) is 1. The summed E-state index contributed by atoms with van der Waals surface area (Å²) in [5, 5.41) is 1.85. The smallest absolute Gasteiger partial charge is 0.142 e. The Morgan fingerprint density at radius 1 is 1.32 bits per heavy atom. The Hall–Kier alpha value is -2.09. The van der Waals surface area contributed by atoms with Crippen LogP contribution in [0.4, 0.5) is 0 Å². The quantitative estimate of drug-likeness (QED) is 0.732. The third-order valence-electron chi connectivity index (χ3n) is 3.82. The van der Waals surface area contributed by atoms with Gasteiger partial charge in [0.25, 0.3) is 0 Å². The van der Waals surface area contributed by atoms with Crippen LogP contribution < -0.4 is 0 Å². The maximum absolute atomic E-state index is 11.1. The van der Waals surface area contributed by atoms with Crippen molar-refractivity contribution in [3.05, 3.63) is 36.3 Å². The number of nitrogens with one attached hydrogen (secondary N) is 1. The van der Waals surface area contributed by atoms with E-state index in [4.69, 9.17) is 4.74 Å². The highest BCUT2D eigenvalue weighted by atomic mass is 32.2. The lowest BCUT2D eigenvalue weighted by Crippen LogP contribution is -2.05. The van der Waals surface area contributed by atoms with E-state index in [2.05, 4.69) is 15.0 Å². The van der Waals surface area contributed by atoms with Gasteiger partial charge in [-0.2, -0.15) is 0 Å². The molecule has 0 bridgehead atoms. The van der Waals surface area contributed by atoms with Gasteiger partial charge in [-0.15, -0.1) is 0 Å². The van der Waals surface area contributed by atoms with Crippen LogP contribution in [0.3, 0.4) is 0 Å². The number of aromatic nitrogens is 3. The van der Waals surface area contributed by atoms with Crippen molar-refractivity contribution in [2.75, 3.05) is 13.2 Å². The van der Waals surface area contributed by atoms with E-state index in [1.54, 1.807) is 18.2 Å². The topological polar surface area (TPSA) is 90.9 Å². The van der Waals surface area contributed by atoms with Gasteiger partial charge in [-0.1, -0.05) is 12.1 Å². The van der Waals surface area contributed by atoms with Gasteiger partial charge in [0.1, 0.15) is 12.0 Å². The summed E-state index contributed by atoms with van der Waals surface area (Å²) in [5.41, 5.74) is 3.47. The van der Waals surface area contributed by atoms with E-state index in [0.717, 1.165) is 34.0 Å². The Morgan fingerprint density at radius 3 is 3.00 bits per heavy atom. The monoisotopic (exact) mass is 314 g/mol. The molecule has 6 nitrogen and oxygen atoms in total. The van der Waals surface area contributed by atoms with Crippen LogP contribution in [-0.4, -0.2) is 36.9 Å². The largest absolute Gasteiger partial charge is 0.768 e. The van der Waals surface area contributed by atoms with Gasteiger partial charge < -0.3 is 14.3 Å². The summed E-state index contributed by atoms with van der Waals surface area (Å²) in [7, 11) is 0. The molecular formula is C15H12N3O3S-. The van der Waals surface area contributed by atoms with Crippen molar-refractivity contribution in [3.8, 4) is 0 Å². The van der Waals surface area contributed by atoms with Gasteiger partial charge in [-0.05, 0) is 35.2 Å². The van der Waals surface area contributed by atoms with Gasteiger partial charge in [0.05, 0.1) is 24.3 Å². The SMILES string of the molecule is O=S([O-])c1ccc2c(c1)[nH]c1ncnc(C3=CCOCC3)c12. The lowest BCUT2D eigenvalue weighted by molar-refractivity contribution is 0.161. The van der Waals surface area contributed by atoms with Crippen molar-refractivity contribution >= 4 is 38.6 Å². The molecule has 1 aromatic carbocycles. The number of nitrogens with zero attached hydrogens (tertiary/aromatic N) is 2. The average Bonchev–Trinajstić information content (AvgIpc) is 2.93. The molecule has 1 atom stereocenters. The lowest BCUT2D eigenvalue weighted by atomic mass is 10.0. The van der Waals surface area contributed by atoms with E-state index in [1.807, 2.05) is 6.08 Å². The zero-order chi connectivity index (χ0) is 15.1. The van der Waals surface area contributed by atoms with E-state index >= 15 is 0 Å². The molecule has 3 heterocycles. The number of ether oxygens (including phenoxy) is 1. The van der Waals surface area contributed by atoms with E-state index < -0.39 is 11.1 Å². The van der Waals surface area contributed by atoms with Crippen molar-refractivity contribution in [3.63, 3.8) is 0 Å². The summed E-state index contributed by atoms with van der Waals surface area (Å²) in [4.78, 5) is 12.1. The Labute approximate surface area is 128 Å². The van der Waals surface area contributed by atoms with Crippen LogP contribution in [0.2, 0.25) is 0 Å². The zero-order valence-corrected chi connectivity index (χ0v) is 12.4. The third-order valence-corrected chi connectivity index (χ3v) is 4.46. The standard InChI is InChI=1S/C15H13N3O3S/c19-22(20)10-1-2-11-12(7-10)18-15-13(11)14(16-8-17-15)9-3-5-21-6-4-9/h1-3,7-8H,4-6H2,(H,19,20)(H,16,17,18)/p-1. The molecular weight excluding hydrogens is 302 g/mol. The lowest BCUT2D eigenvalue weighted by Gasteiger charge is -2.13. The van der Waals surface area contributed by atoms with Crippen molar-refractivity contribution < 1.29 is 13.5 Å². The second-order valence-electron chi connectivity index (χ2n) is 5.07. The summed E-state index contributed by atoms with van der Waals surface area (Å²) in [5.74, 6) is 0. The van der Waals surface area contributed by atoms with Crippen LogP contribution in [0, 0.1) is 0 Å². The highest BCUT2D eigenvalue weighted by molar-refractivity contribution is 7.79. The third kappa shape index (κ3) is 2.14. The molecule has 1 unspecified atom stereocenters. The number of aromatic amines is 1. The Morgan fingerprint density at radius 2 is 2.23 bits per heavy atom. The molecule has 1 aliphatic heterocycles. The van der Waals surface area contributed by atoms with E-state index in [9.17, 15) is 8.76 Å². The highest BCUT2D eigenvalue weighted by Crippen LogP contribution is 2.32. The van der Waals surface area contributed by atoms with Gasteiger partial charge in [-0.3, -0.25) is 4.21 Å². The summed E-state index contributed by atoms with van der Waals surface area (Å²) in [6.07, 6.45) is 4.36. The van der Waals surface area contributed by atoms with Crippen molar-refractivity contribution in [1.82, 2.24) is 15.0 Å². The normalized spacial score (nSPS) is 16.9. The van der Waals surface area contributed by atoms with Crippen LogP contribution in [0.15, 0.2) is 35.5 Å². The molecule has 0 aliphatic carbocycles. The molecule has 22 heavy (non-hydrogen) atoms. The zero-order valence-electron chi connectivity index (χ0n) is 11.5. The van der Waals surface area contributed by atoms with Crippen LogP contribution >= 0.6 is 0 Å². The van der Waals surface area contributed by atoms with Crippen LogP contribution in [0.5, 0.6) is 0 Å². The first-order chi connectivity index (χ1) is 10.7. The molecule has 1 N–H and O–H groups in total. The minimum absolute atomic E-state index is 0.249. The van der Waals surface area contributed by atoms with Gasteiger partial charge in [-0.25, -0.2) is 9.97 Å². The number of rotatable bonds is 2. The molecule has 7 heteroatoms. The second kappa shape index (κ2) is 5.28. The van der Waals surface area contributed by atoms with E-state index in [-0.39, 0.29) is 4.90 Å².